The van der Waals surface area contributed by atoms with Crippen molar-refractivity contribution in [1.82, 2.24) is 15.0 Å². The number of hydrogen-bond donors (Lipinski definition) is 0. The summed E-state index contributed by atoms with van der Waals surface area (Å²) in [5.74, 6) is 2.60. The number of ether oxygens (including phenoxy) is 1. The van der Waals surface area contributed by atoms with Gasteiger partial charge in [0.05, 0.1) is 6.61 Å². The molecule has 5 rings (SSSR count). The minimum atomic E-state index is -0.358. The summed E-state index contributed by atoms with van der Waals surface area (Å²) in [6.07, 6.45) is 5.54. The molecule has 6 heteroatoms. The topological polar surface area (TPSA) is 68.5 Å². The Kier molecular flexibility index (Phi) is 4.44. The van der Waals surface area contributed by atoms with Gasteiger partial charge in [0.2, 0.25) is 5.89 Å². The van der Waals surface area contributed by atoms with Gasteiger partial charge in [0, 0.05) is 31.8 Å². The fourth-order valence-corrected chi connectivity index (χ4v) is 4.25. The van der Waals surface area contributed by atoms with Gasteiger partial charge in [-0.3, -0.25) is 4.79 Å². The number of aromatic nitrogens is 2. The van der Waals surface area contributed by atoms with E-state index in [9.17, 15) is 4.79 Å². The highest BCUT2D eigenvalue weighted by Gasteiger charge is 2.33. The first kappa shape index (κ1) is 16.9. The molecule has 1 aromatic heterocycles. The van der Waals surface area contributed by atoms with E-state index >= 15 is 0 Å². The van der Waals surface area contributed by atoms with Crippen LogP contribution in [0.4, 0.5) is 0 Å². The minimum absolute atomic E-state index is 0.124. The fourth-order valence-electron chi connectivity index (χ4n) is 4.25. The van der Waals surface area contributed by atoms with Crippen molar-refractivity contribution in [3.05, 3.63) is 47.1 Å². The fraction of sp³-hybridized carbons (Fsp3) is 0.571. The molecule has 0 bridgehead atoms. The lowest BCUT2D eigenvalue weighted by molar-refractivity contribution is -0.147. The van der Waals surface area contributed by atoms with Crippen LogP contribution in [0.3, 0.4) is 0 Å². The number of carbonyl (C=O) groups excluding carboxylic acids is 1. The molecular weight excluding hydrogens is 342 g/mol. The van der Waals surface area contributed by atoms with Crippen molar-refractivity contribution in [2.75, 3.05) is 13.1 Å². The third-order valence-electron chi connectivity index (χ3n) is 5.96. The summed E-state index contributed by atoms with van der Waals surface area (Å²) in [6, 6.07) is 8.23. The largest absolute Gasteiger partial charge is 0.363 e. The summed E-state index contributed by atoms with van der Waals surface area (Å²) in [5.41, 5.74) is 2.43. The second-order valence-electron chi connectivity index (χ2n) is 8.09. The van der Waals surface area contributed by atoms with E-state index in [1.165, 1.54) is 24.0 Å². The summed E-state index contributed by atoms with van der Waals surface area (Å²) < 4.78 is 11.3. The van der Waals surface area contributed by atoms with Gasteiger partial charge in [-0.2, -0.15) is 4.98 Å². The van der Waals surface area contributed by atoms with Crippen LogP contribution in [0.1, 0.15) is 54.4 Å². The molecule has 0 radical (unpaired) electrons. The molecule has 0 N–H and O–H groups in total. The van der Waals surface area contributed by atoms with Gasteiger partial charge in [-0.05, 0) is 42.7 Å². The molecule has 6 nitrogen and oxygen atoms in total. The molecule has 3 heterocycles. The highest BCUT2D eigenvalue weighted by atomic mass is 16.5. The quantitative estimate of drug-likeness (QED) is 0.831. The molecule has 2 unspecified atom stereocenters. The highest BCUT2D eigenvalue weighted by Crippen LogP contribution is 2.38. The number of likely N-dealkylation sites (tertiary alicyclic amines) is 1. The van der Waals surface area contributed by atoms with Gasteiger partial charge >= 0.3 is 0 Å². The van der Waals surface area contributed by atoms with E-state index in [0.29, 0.717) is 24.9 Å². The lowest BCUT2D eigenvalue weighted by Crippen LogP contribution is -2.47. The van der Waals surface area contributed by atoms with Gasteiger partial charge in [0.25, 0.3) is 5.91 Å². The Bertz CT molecular complexity index is 830. The van der Waals surface area contributed by atoms with Crippen LogP contribution in [0.2, 0.25) is 0 Å². The maximum atomic E-state index is 13.0. The summed E-state index contributed by atoms with van der Waals surface area (Å²) in [6.45, 7) is 2.09. The molecule has 2 aliphatic heterocycles. The maximum absolute atomic E-state index is 13.0. The van der Waals surface area contributed by atoms with Crippen molar-refractivity contribution in [2.24, 2.45) is 5.92 Å². The summed E-state index contributed by atoms with van der Waals surface area (Å²) in [7, 11) is 0. The molecule has 1 amide bonds. The van der Waals surface area contributed by atoms with Gasteiger partial charge in [-0.1, -0.05) is 29.4 Å². The smallest absolute Gasteiger partial charge is 0.252 e. The Hall–Kier alpha value is -2.21. The molecule has 0 spiro atoms. The van der Waals surface area contributed by atoms with Crippen molar-refractivity contribution in [2.45, 2.75) is 57.2 Å². The SMILES string of the molecule is O=C(C1Cc2ccccc2CO1)N1CCCC(Cc2nc(C3CC3)no2)C1. The van der Waals surface area contributed by atoms with Crippen molar-refractivity contribution < 1.29 is 14.1 Å². The Morgan fingerprint density at radius 1 is 1.19 bits per heavy atom. The third-order valence-corrected chi connectivity index (χ3v) is 5.96. The second kappa shape index (κ2) is 7.08. The van der Waals surface area contributed by atoms with Gasteiger partial charge in [-0.15, -0.1) is 0 Å². The van der Waals surface area contributed by atoms with Crippen LogP contribution in [-0.2, 0) is 29.0 Å². The molecule has 3 aliphatic rings. The first-order valence-electron chi connectivity index (χ1n) is 10.1. The van der Waals surface area contributed by atoms with Crippen LogP contribution in [0.25, 0.3) is 0 Å². The summed E-state index contributed by atoms with van der Waals surface area (Å²) in [5, 5.41) is 4.11. The van der Waals surface area contributed by atoms with E-state index in [-0.39, 0.29) is 12.0 Å². The molecule has 2 fully saturated rings. The summed E-state index contributed by atoms with van der Waals surface area (Å²) >= 11 is 0. The van der Waals surface area contributed by atoms with E-state index in [1.54, 1.807) is 0 Å². The molecule has 2 atom stereocenters. The van der Waals surface area contributed by atoms with Gasteiger partial charge in [-0.25, -0.2) is 0 Å². The molecule has 142 valence electrons. The van der Waals surface area contributed by atoms with E-state index < -0.39 is 0 Å². The van der Waals surface area contributed by atoms with E-state index in [4.69, 9.17) is 9.26 Å². The van der Waals surface area contributed by atoms with Crippen LogP contribution in [0.15, 0.2) is 28.8 Å². The van der Waals surface area contributed by atoms with E-state index in [2.05, 4.69) is 22.3 Å². The predicted molar refractivity (Wildman–Crippen MR) is 98.0 cm³/mol. The number of benzene rings is 1. The van der Waals surface area contributed by atoms with Crippen LogP contribution >= 0.6 is 0 Å². The number of fused-ring (bicyclic) bond motifs is 1. The Morgan fingerprint density at radius 3 is 2.89 bits per heavy atom. The number of nitrogens with zero attached hydrogens (tertiary/aromatic N) is 3. The Labute approximate surface area is 158 Å². The Balaban J connectivity index is 1.20. The third kappa shape index (κ3) is 3.63. The average Bonchev–Trinajstić information content (AvgIpc) is 3.47. The molecule has 27 heavy (non-hydrogen) atoms. The molecular formula is C21H25N3O3. The monoisotopic (exact) mass is 367 g/mol. The number of rotatable bonds is 4. The molecule has 1 aromatic carbocycles. The average molecular weight is 367 g/mol. The van der Waals surface area contributed by atoms with Gasteiger partial charge in [0.1, 0.15) is 6.10 Å². The number of piperidine rings is 1. The highest BCUT2D eigenvalue weighted by molar-refractivity contribution is 5.81. The standard InChI is InChI=1S/C21H25N3O3/c25-21(18-11-16-5-1-2-6-17(16)13-26-18)24-9-3-4-14(12-24)10-19-22-20(23-27-19)15-7-8-15/h1-2,5-6,14-15,18H,3-4,7-13H2. The van der Waals surface area contributed by atoms with Gasteiger partial charge in [0.15, 0.2) is 5.82 Å². The lowest BCUT2D eigenvalue weighted by Gasteiger charge is -2.35. The van der Waals surface area contributed by atoms with Crippen molar-refractivity contribution in [3.63, 3.8) is 0 Å². The van der Waals surface area contributed by atoms with Crippen molar-refractivity contribution in [1.29, 1.82) is 0 Å². The van der Waals surface area contributed by atoms with Crippen LogP contribution in [0.5, 0.6) is 0 Å². The van der Waals surface area contributed by atoms with Gasteiger partial charge < -0.3 is 14.2 Å². The summed E-state index contributed by atoms with van der Waals surface area (Å²) in [4.78, 5) is 19.5. The molecule has 2 aromatic rings. The lowest BCUT2D eigenvalue weighted by atomic mass is 9.93. The van der Waals surface area contributed by atoms with Crippen molar-refractivity contribution >= 4 is 5.91 Å². The first-order chi connectivity index (χ1) is 13.3. The maximum Gasteiger partial charge on any atom is 0.252 e. The van der Waals surface area contributed by atoms with E-state index in [0.717, 1.165) is 44.1 Å². The molecule has 1 aliphatic carbocycles. The number of amides is 1. The van der Waals surface area contributed by atoms with Crippen LogP contribution in [-0.4, -0.2) is 40.1 Å². The Morgan fingerprint density at radius 2 is 2.04 bits per heavy atom. The predicted octanol–water partition coefficient (Wildman–Crippen LogP) is 2.87. The zero-order chi connectivity index (χ0) is 18.2. The van der Waals surface area contributed by atoms with E-state index in [1.807, 2.05) is 17.0 Å². The zero-order valence-electron chi connectivity index (χ0n) is 15.5. The van der Waals surface area contributed by atoms with Crippen LogP contribution < -0.4 is 0 Å². The number of hydrogen-bond acceptors (Lipinski definition) is 5. The van der Waals surface area contributed by atoms with Crippen molar-refractivity contribution in [3.8, 4) is 0 Å². The van der Waals surface area contributed by atoms with Crippen LogP contribution in [0, 0.1) is 5.92 Å². The number of carbonyl (C=O) groups is 1. The zero-order valence-corrected chi connectivity index (χ0v) is 15.5. The minimum Gasteiger partial charge on any atom is -0.363 e. The second-order valence-corrected chi connectivity index (χ2v) is 8.09. The first-order valence-corrected chi connectivity index (χ1v) is 10.1. The normalized spacial score (nSPS) is 25.3. The molecule has 1 saturated heterocycles. The molecule has 1 saturated carbocycles.